The molecule has 3 nitrogen and oxygen atoms in total. The van der Waals surface area contributed by atoms with Crippen molar-refractivity contribution in [3.63, 3.8) is 0 Å². The van der Waals surface area contributed by atoms with Crippen LogP contribution in [-0.4, -0.2) is 22.3 Å². The highest BCUT2D eigenvalue weighted by Crippen LogP contribution is 2.35. The summed E-state index contributed by atoms with van der Waals surface area (Å²) in [6, 6.07) is 20.7. The molecule has 0 atom stereocenters. The number of fused-ring (bicyclic) bond motifs is 2. The van der Waals surface area contributed by atoms with Gasteiger partial charge >= 0.3 is 0 Å². The Morgan fingerprint density at radius 2 is 1.96 bits per heavy atom. The fourth-order valence-electron chi connectivity index (χ4n) is 3.88. The predicted octanol–water partition coefficient (Wildman–Crippen LogP) is 5.47. The summed E-state index contributed by atoms with van der Waals surface area (Å²) in [4.78, 5) is 21.0. The number of thiophene rings is 1. The maximum absolute atomic E-state index is 13.1. The fraction of sp³-hybridized carbons (Fsp3) is 0.167. The number of aromatic nitrogens is 1. The molecular weight excluding hydrogens is 364 g/mol. The molecule has 0 spiro atoms. The van der Waals surface area contributed by atoms with Gasteiger partial charge in [-0.2, -0.15) is 0 Å². The maximum atomic E-state index is 13.1. The monoisotopic (exact) mass is 384 g/mol. The van der Waals surface area contributed by atoms with Crippen molar-refractivity contribution in [2.24, 2.45) is 0 Å². The minimum absolute atomic E-state index is 0.137. The van der Waals surface area contributed by atoms with Gasteiger partial charge in [-0.05, 0) is 41.6 Å². The lowest BCUT2D eigenvalue weighted by Crippen LogP contribution is -2.26. The zero-order valence-corrected chi connectivity index (χ0v) is 16.5. The first kappa shape index (κ1) is 17.1. The second kappa shape index (κ2) is 6.88. The SMILES string of the molecule is Cc1csc(-c2cccc3c2C(=O)N(CCc2ccc4ccccc4n2)C3)c1. The van der Waals surface area contributed by atoms with Crippen LogP contribution in [0.1, 0.15) is 27.2 Å². The largest absolute Gasteiger partial charge is 0.334 e. The van der Waals surface area contributed by atoms with Crippen molar-refractivity contribution in [3.05, 3.63) is 88.4 Å². The summed E-state index contributed by atoms with van der Waals surface area (Å²) in [6.45, 7) is 3.45. The van der Waals surface area contributed by atoms with E-state index in [1.54, 1.807) is 11.3 Å². The van der Waals surface area contributed by atoms with Gasteiger partial charge in [0.25, 0.3) is 5.91 Å². The summed E-state index contributed by atoms with van der Waals surface area (Å²) in [5.41, 5.74) is 6.33. The number of hydrogen-bond donors (Lipinski definition) is 0. The molecule has 2 aromatic carbocycles. The molecule has 0 saturated heterocycles. The van der Waals surface area contributed by atoms with Crippen molar-refractivity contribution in [1.29, 1.82) is 0 Å². The molecule has 1 aliphatic heterocycles. The normalized spacial score (nSPS) is 13.3. The van der Waals surface area contributed by atoms with Gasteiger partial charge in [0, 0.05) is 41.0 Å². The van der Waals surface area contributed by atoms with Crippen LogP contribution < -0.4 is 0 Å². The van der Waals surface area contributed by atoms with Crippen molar-refractivity contribution in [3.8, 4) is 10.4 Å². The third kappa shape index (κ3) is 3.00. The second-order valence-corrected chi connectivity index (χ2v) is 8.21. The van der Waals surface area contributed by atoms with Crippen molar-refractivity contribution >= 4 is 28.1 Å². The number of para-hydroxylation sites is 1. The molecule has 0 bridgehead atoms. The number of pyridine rings is 1. The van der Waals surface area contributed by atoms with Crippen molar-refractivity contribution in [2.45, 2.75) is 19.9 Å². The Morgan fingerprint density at radius 1 is 1.07 bits per heavy atom. The smallest absolute Gasteiger partial charge is 0.255 e. The lowest BCUT2D eigenvalue weighted by molar-refractivity contribution is 0.0780. The Bertz CT molecular complexity index is 1190. The van der Waals surface area contributed by atoms with Crippen LogP contribution in [0.2, 0.25) is 0 Å². The zero-order chi connectivity index (χ0) is 19.1. The number of carbonyl (C=O) groups is 1. The third-order valence-electron chi connectivity index (χ3n) is 5.30. The first-order chi connectivity index (χ1) is 13.7. The van der Waals surface area contributed by atoms with Crippen LogP contribution in [-0.2, 0) is 13.0 Å². The van der Waals surface area contributed by atoms with E-state index >= 15 is 0 Å². The molecule has 1 aliphatic rings. The summed E-state index contributed by atoms with van der Waals surface area (Å²) in [6.07, 6.45) is 0.762. The van der Waals surface area contributed by atoms with Gasteiger partial charge in [0.2, 0.25) is 0 Å². The molecule has 28 heavy (non-hydrogen) atoms. The molecule has 0 unspecified atom stereocenters. The number of hydrogen-bond acceptors (Lipinski definition) is 3. The fourth-order valence-corrected chi connectivity index (χ4v) is 4.81. The second-order valence-electron chi connectivity index (χ2n) is 7.30. The molecule has 0 fully saturated rings. The van der Waals surface area contributed by atoms with Crippen molar-refractivity contribution < 1.29 is 4.79 Å². The van der Waals surface area contributed by atoms with E-state index in [-0.39, 0.29) is 5.91 Å². The van der Waals surface area contributed by atoms with Gasteiger partial charge in [0.1, 0.15) is 0 Å². The number of nitrogens with zero attached hydrogens (tertiary/aromatic N) is 2. The average Bonchev–Trinajstić information content (AvgIpc) is 3.29. The van der Waals surface area contributed by atoms with Crippen LogP contribution in [0.25, 0.3) is 21.3 Å². The summed E-state index contributed by atoms with van der Waals surface area (Å²) in [5, 5.41) is 3.28. The number of benzene rings is 2. The lowest BCUT2D eigenvalue weighted by atomic mass is 10.0. The summed E-state index contributed by atoms with van der Waals surface area (Å²) >= 11 is 1.70. The first-order valence-electron chi connectivity index (χ1n) is 9.50. The predicted molar refractivity (Wildman–Crippen MR) is 115 cm³/mol. The Kier molecular flexibility index (Phi) is 4.21. The van der Waals surface area contributed by atoms with E-state index in [1.165, 1.54) is 10.4 Å². The highest BCUT2D eigenvalue weighted by Gasteiger charge is 2.30. The van der Waals surface area contributed by atoms with Crippen LogP contribution in [0.4, 0.5) is 0 Å². The molecule has 0 saturated carbocycles. The Morgan fingerprint density at radius 3 is 2.82 bits per heavy atom. The Labute approximate surface area is 168 Å². The molecule has 0 radical (unpaired) electrons. The standard InChI is InChI=1S/C24H20N2OS/c1-16-13-22(28-15-16)20-7-4-6-18-14-26(24(27)23(18)20)12-11-19-10-9-17-5-2-3-8-21(17)25-19/h2-10,13,15H,11-12,14H2,1H3. The van der Waals surface area contributed by atoms with Crippen LogP contribution in [0, 0.1) is 6.92 Å². The van der Waals surface area contributed by atoms with Crippen molar-refractivity contribution in [2.75, 3.05) is 6.54 Å². The molecule has 2 aromatic heterocycles. The molecule has 138 valence electrons. The molecule has 4 heteroatoms. The number of aryl methyl sites for hydroxylation is 1. The van der Waals surface area contributed by atoms with Gasteiger partial charge in [0.05, 0.1) is 11.1 Å². The summed E-state index contributed by atoms with van der Waals surface area (Å²) < 4.78 is 0. The minimum Gasteiger partial charge on any atom is -0.334 e. The van der Waals surface area contributed by atoms with Gasteiger partial charge in [-0.3, -0.25) is 9.78 Å². The van der Waals surface area contributed by atoms with Crippen LogP contribution in [0.15, 0.2) is 66.0 Å². The highest BCUT2D eigenvalue weighted by molar-refractivity contribution is 7.13. The topological polar surface area (TPSA) is 33.2 Å². The Hall–Kier alpha value is -2.98. The Balaban J connectivity index is 1.37. The van der Waals surface area contributed by atoms with Gasteiger partial charge in [0.15, 0.2) is 0 Å². The van der Waals surface area contributed by atoms with Gasteiger partial charge in [-0.15, -0.1) is 11.3 Å². The first-order valence-corrected chi connectivity index (χ1v) is 10.4. The average molecular weight is 385 g/mol. The number of rotatable bonds is 4. The van der Waals surface area contributed by atoms with E-state index in [4.69, 9.17) is 4.98 Å². The molecule has 5 rings (SSSR count). The maximum Gasteiger partial charge on any atom is 0.255 e. The zero-order valence-electron chi connectivity index (χ0n) is 15.7. The van der Waals surface area contributed by atoms with Gasteiger partial charge < -0.3 is 4.90 Å². The van der Waals surface area contributed by atoms with Crippen LogP contribution in [0.5, 0.6) is 0 Å². The molecule has 1 amide bonds. The van der Waals surface area contributed by atoms with E-state index in [9.17, 15) is 4.79 Å². The summed E-state index contributed by atoms with van der Waals surface area (Å²) in [7, 11) is 0. The molecule has 3 heterocycles. The quantitative estimate of drug-likeness (QED) is 0.467. The van der Waals surface area contributed by atoms with E-state index < -0.39 is 0 Å². The van der Waals surface area contributed by atoms with Crippen LogP contribution in [0.3, 0.4) is 0 Å². The number of carbonyl (C=O) groups excluding carboxylic acids is 1. The summed E-state index contributed by atoms with van der Waals surface area (Å²) in [5.74, 6) is 0.137. The lowest BCUT2D eigenvalue weighted by Gasteiger charge is -2.15. The highest BCUT2D eigenvalue weighted by atomic mass is 32.1. The molecular formula is C24H20N2OS. The van der Waals surface area contributed by atoms with Gasteiger partial charge in [-0.1, -0.05) is 42.5 Å². The van der Waals surface area contributed by atoms with Crippen molar-refractivity contribution in [1.82, 2.24) is 9.88 Å². The van der Waals surface area contributed by atoms with E-state index in [2.05, 4.69) is 54.8 Å². The van der Waals surface area contributed by atoms with Gasteiger partial charge in [-0.25, -0.2) is 0 Å². The van der Waals surface area contributed by atoms with E-state index in [0.717, 1.165) is 39.7 Å². The van der Waals surface area contributed by atoms with E-state index in [0.29, 0.717) is 13.1 Å². The van der Waals surface area contributed by atoms with E-state index in [1.807, 2.05) is 23.1 Å². The number of amides is 1. The molecule has 4 aromatic rings. The molecule has 0 N–H and O–H groups in total. The minimum atomic E-state index is 0.137. The third-order valence-corrected chi connectivity index (χ3v) is 6.38. The molecule has 0 aliphatic carbocycles. The van der Waals surface area contributed by atoms with Crippen LogP contribution >= 0.6 is 11.3 Å².